The number of halogens is 4. The summed E-state index contributed by atoms with van der Waals surface area (Å²) in [7, 11) is 0. The van der Waals surface area contributed by atoms with Crippen LogP contribution >= 0.6 is 11.6 Å². The Hall–Kier alpha value is -3.04. The average Bonchev–Trinajstić information content (AvgIpc) is 3.25. The molecule has 1 amide bonds. The standard InChI is InChI=1S/C22H20ClF3N4O2/c23-17-2-1-3-18(25)16(17)13-28-8-10-29(11-9-28)22(31)20-6-7-30(27-20)14-32-21-5-4-15(24)12-19(21)26/h1-7,12H,8-11,13-14H2. The van der Waals surface area contributed by atoms with E-state index in [2.05, 4.69) is 5.10 Å². The molecule has 0 radical (unpaired) electrons. The van der Waals surface area contributed by atoms with E-state index >= 15 is 0 Å². The maximum absolute atomic E-state index is 14.0. The zero-order valence-electron chi connectivity index (χ0n) is 17.0. The number of hydrogen-bond donors (Lipinski definition) is 0. The molecule has 2 aromatic carbocycles. The van der Waals surface area contributed by atoms with E-state index in [1.807, 2.05) is 4.90 Å². The summed E-state index contributed by atoms with van der Waals surface area (Å²) in [6, 6.07) is 9.17. The van der Waals surface area contributed by atoms with Crippen LogP contribution in [0, 0.1) is 17.5 Å². The van der Waals surface area contributed by atoms with Crippen molar-refractivity contribution in [1.82, 2.24) is 19.6 Å². The monoisotopic (exact) mass is 464 g/mol. The lowest BCUT2D eigenvalue weighted by molar-refractivity contribution is 0.0619. The molecule has 3 aromatic rings. The molecule has 0 N–H and O–H groups in total. The molecule has 10 heteroatoms. The number of ether oxygens (including phenoxy) is 1. The van der Waals surface area contributed by atoms with Gasteiger partial charge in [-0.2, -0.15) is 5.10 Å². The summed E-state index contributed by atoms with van der Waals surface area (Å²) in [5, 5.41) is 4.57. The van der Waals surface area contributed by atoms with Gasteiger partial charge in [0.2, 0.25) is 0 Å². The van der Waals surface area contributed by atoms with Crippen LogP contribution in [-0.4, -0.2) is 51.7 Å². The van der Waals surface area contributed by atoms with Crippen LogP contribution in [0.1, 0.15) is 16.1 Å². The van der Waals surface area contributed by atoms with Crippen molar-refractivity contribution >= 4 is 17.5 Å². The van der Waals surface area contributed by atoms with Crippen LogP contribution in [0.3, 0.4) is 0 Å². The smallest absolute Gasteiger partial charge is 0.274 e. The minimum Gasteiger partial charge on any atom is -0.468 e. The number of nitrogens with zero attached hydrogens (tertiary/aromatic N) is 4. The maximum Gasteiger partial charge on any atom is 0.274 e. The molecule has 0 spiro atoms. The second-order valence-corrected chi connectivity index (χ2v) is 7.76. The summed E-state index contributed by atoms with van der Waals surface area (Å²) >= 11 is 6.10. The zero-order valence-corrected chi connectivity index (χ0v) is 17.7. The second-order valence-electron chi connectivity index (χ2n) is 7.36. The van der Waals surface area contributed by atoms with Crippen molar-refractivity contribution < 1.29 is 22.7 Å². The van der Waals surface area contributed by atoms with Crippen molar-refractivity contribution in [2.75, 3.05) is 26.2 Å². The molecular weight excluding hydrogens is 445 g/mol. The fraction of sp³-hybridized carbons (Fsp3) is 0.273. The van der Waals surface area contributed by atoms with Crippen LogP contribution < -0.4 is 4.74 Å². The van der Waals surface area contributed by atoms with Gasteiger partial charge in [0.25, 0.3) is 5.91 Å². The third-order valence-electron chi connectivity index (χ3n) is 5.21. The lowest BCUT2D eigenvalue weighted by Crippen LogP contribution is -2.48. The molecule has 1 saturated heterocycles. The molecule has 0 unspecified atom stereocenters. The molecule has 0 aliphatic carbocycles. The summed E-state index contributed by atoms with van der Waals surface area (Å²) in [6.45, 7) is 2.32. The van der Waals surface area contributed by atoms with E-state index in [1.165, 1.54) is 16.8 Å². The van der Waals surface area contributed by atoms with Gasteiger partial charge in [-0.25, -0.2) is 17.9 Å². The minimum absolute atomic E-state index is 0.110. The number of aromatic nitrogens is 2. The van der Waals surface area contributed by atoms with E-state index in [0.29, 0.717) is 43.3 Å². The molecular formula is C22H20ClF3N4O2. The Morgan fingerprint density at radius 3 is 2.53 bits per heavy atom. The Labute approximate surface area is 187 Å². The van der Waals surface area contributed by atoms with Gasteiger partial charge in [-0.3, -0.25) is 9.69 Å². The third kappa shape index (κ3) is 5.05. The normalized spacial score (nSPS) is 14.6. The first-order chi connectivity index (χ1) is 15.4. The predicted molar refractivity (Wildman–Crippen MR) is 112 cm³/mol. The van der Waals surface area contributed by atoms with Gasteiger partial charge in [0.15, 0.2) is 24.0 Å². The molecule has 1 fully saturated rings. The first-order valence-electron chi connectivity index (χ1n) is 9.96. The van der Waals surface area contributed by atoms with Crippen molar-refractivity contribution in [3.63, 3.8) is 0 Å². The predicted octanol–water partition coefficient (Wildman–Crippen LogP) is 3.95. The van der Waals surface area contributed by atoms with Crippen LogP contribution in [0.2, 0.25) is 5.02 Å². The molecule has 6 nitrogen and oxygen atoms in total. The topological polar surface area (TPSA) is 50.6 Å². The fourth-order valence-electron chi connectivity index (χ4n) is 3.45. The van der Waals surface area contributed by atoms with Crippen molar-refractivity contribution in [3.8, 4) is 5.75 Å². The lowest BCUT2D eigenvalue weighted by Gasteiger charge is -2.34. The Kier molecular flexibility index (Phi) is 6.66. The van der Waals surface area contributed by atoms with Gasteiger partial charge in [-0.15, -0.1) is 0 Å². The summed E-state index contributed by atoms with van der Waals surface area (Å²) in [5.41, 5.74) is 0.684. The van der Waals surface area contributed by atoms with Gasteiger partial charge in [0.05, 0.1) is 0 Å². The van der Waals surface area contributed by atoms with Crippen LogP contribution in [0.4, 0.5) is 13.2 Å². The number of rotatable bonds is 6. The van der Waals surface area contributed by atoms with E-state index in [9.17, 15) is 18.0 Å². The molecule has 0 saturated carbocycles. The van der Waals surface area contributed by atoms with Gasteiger partial charge >= 0.3 is 0 Å². The molecule has 1 aliphatic rings. The summed E-state index contributed by atoms with van der Waals surface area (Å²) in [6.07, 6.45) is 1.55. The summed E-state index contributed by atoms with van der Waals surface area (Å²) < 4.78 is 47.3. The fourth-order valence-corrected chi connectivity index (χ4v) is 3.68. The highest BCUT2D eigenvalue weighted by atomic mass is 35.5. The molecule has 1 aromatic heterocycles. The SMILES string of the molecule is O=C(c1ccn(COc2ccc(F)cc2F)n1)N1CCN(Cc2c(F)cccc2Cl)CC1. The summed E-state index contributed by atoms with van der Waals surface area (Å²) in [4.78, 5) is 16.5. The first-order valence-corrected chi connectivity index (χ1v) is 10.3. The molecule has 2 heterocycles. The molecule has 0 bridgehead atoms. The number of amides is 1. The highest BCUT2D eigenvalue weighted by Crippen LogP contribution is 2.22. The van der Waals surface area contributed by atoms with Gasteiger partial charge in [-0.1, -0.05) is 17.7 Å². The van der Waals surface area contributed by atoms with E-state index in [0.717, 1.165) is 12.1 Å². The molecule has 1 aliphatic heterocycles. The zero-order chi connectivity index (χ0) is 22.7. The van der Waals surface area contributed by atoms with Crippen molar-refractivity contribution in [3.05, 3.63) is 82.4 Å². The molecule has 32 heavy (non-hydrogen) atoms. The molecule has 4 rings (SSSR count). The van der Waals surface area contributed by atoms with E-state index in [1.54, 1.807) is 29.3 Å². The van der Waals surface area contributed by atoms with Gasteiger partial charge in [0.1, 0.15) is 11.6 Å². The summed E-state index contributed by atoms with van der Waals surface area (Å²) in [5.74, 6) is -2.20. The number of piperazine rings is 1. The highest BCUT2D eigenvalue weighted by molar-refractivity contribution is 6.31. The Morgan fingerprint density at radius 2 is 1.81 bits per heavy atom. The van der Waals surface area contributed by atoms with Crippen molar-refractivity contribution in [2.45, 2.75) is 13.3 Å². The molecule has 0 atom stereocenters. The Bertz CT molecular complexity index is 1100. The Morgan fingerprint density at radius 1 is 1.03 bits per heavy atom. The van der Waals surface area contributed by atoms with Crippen LogP contribution in [0.5, 0.6) is 5.75 Å². The Balaban J connectivity index is 1.30. The van der Waals surface area contributed by atoms with Gasteiger partial charge < -0.3 is 9.64 Å². The van der Waals surface area contributed by atoms with E-state index < -0.39 is 11.6 Å². The quantitative estimate of drug-likeness (QED) is 0.554. The van der Waals surface area contributed by atoms with Crippen LogP contribution in [0.25, 0.3) is 0 Å². The van der Waals surface area contributed by atoms with Crippen molar-refractivity contribution in [1.29, 1.82) is 0 Å². The van der Waals surface area contributed by atoms with Crippen molar-refractivity contribution in [2.24, 2.45) is 0 Å². The number of hydrogen-bond acceptors (Lipinski definition) is 4. The van der Waals surface area contributed by atoms with Crippen LogP contribution in [0.15, 0.2) is 48.7 Å². The van der Waals surface area contributed by atoms with Gasteiger partial charge in [-0.05, 0) is 30.3 Å². The van der Waals surface area contributed by atoms with E-state index in [4.69, 9.17) is 16.3 Å². The third-order valence-corrected chi connectivity index (χ3v) is 5.56. The second kappa shape index (κ2) is 9.62. The largest absolute Gasteiger partial charge is 0.468 e. The van der Waals surface area contributed by atoms with E-state index in [-0.39, 0.29) is 29.9 Å². The first kappa shape index (κ1) is 22.2. The average molecular weight is 465 g/mol. The maximum atomic E-state index is 14.0. The lowest BCUT2D eigenvalue weighted by atomic mass is 10.1. The van der Waals surface area contributed by atoms with Crippen LogP contribution in [-0.2, 0) is 13.3 Å². The molecule has 168 valence electrons. The number of benzene rings is 2. The minimum atomic E-state index is -0.817. The van der Waals surface area contributed by atoms with Gasteiger partial charge in [0, 0.05) is 55.6 Å². The number of carbonyl (C=O) groups is 1. The number of carbonyl (C=O) groups excluding carboxylic acids is 1. The highest BCUT2D eigenvalue weighted by Gasteiger charge is 2.24.